The molecule has 82 valence electrons. The Kier molecular flexibility index (Phi) is 3.59. The molecule has 0 amide bonds. The third-order valence-electron chi connectivity index (χ3n) is 2.63. The summed E-state index contributed by atoms with van der Waals surface area (Å²) in [5, 5.41) is 6.86. The van der Waals surface area contributed by atoms with Crippen molar-refractivity contribution >= 4 is 0 Å². The number of nitrogens with one attached hydrogen (secondary N) is 2. The largest absolute Gasteiger partial charge is 0.494 e. The zero-order chi connectivity index (χ0) is 10.5. The van der Waals surface area contributed by atoms with Crippen LogP contribution in [0.15, 0.2) is 24.3 Å². The van der Waals surface area contributed by atoms with Crippen molar-refractivity contribution in [2.75, 3.05) is 26.2 Å². The summed E-state index contributed by atoms with van der Waals surface area (Å²) in [7, 11) is 0. The minimum atomic E-state index is 0.439. The minimum Gasteiger partial charge on any atom is -0.494 e. The topological polar surface area (TPSA) is 33.3 Å². The van der Waals surface area contributed by atoms with Gasteiger partial charge in [-0.1, -0.05) is 12.1 Å². The fraction of sp³-hybridized carbons (Fsp3) is 0.500. The number of benzene rings is 1. The summed E-state index contributed by atoms with van der Waals surface area (Å²) in [5.41, 5.74) is 1.32. The third kappa shape index (κ3) is 2.70. The Morgan fingerprint density at radius 1 is 1.27 bits per heavy atom. The van der Waals surface area contributed by atoms with Gasteiger partial charge in [0.15, 0.2) is 0 Å². The standard InChI is InChI=1S/C12H18N2O/c1-2-15-11-5-3-10(4-6-11)12-9-13-7-8-14-12/h3-6,12-14H,2,7-9H2,1H3/t12-/m1/s1. The van der Waals surface area contributed by atoms with Gasteiger partial charge < -0.3 is 15.4 Å². The molecule has 0 aromatic heterocycles. The Labute approximate surface area is 90.8 Å². The van der Waals surface area contributed by atoms with Crippen molar-refractivity contribution in [3.8, 4) is 5.75 Å². The average molecular weight is 206 g/mol. The van der Waals surface area contributed by atoms with Crippen LogP contribution in [0.3, 0.4) is 0 Å². The Bertz CT molecular complexity index is 291. The molecule has 0 bridgehead atoms. The lowest BCUT2D eigenvalue weighted by Crippen LogP contribution is -2.42. The molecular weight excluding hydrogens is 188 g/mol. The van der Waals surface area contributed by atoms with Gasteiger partial charge in [0.25, 0.3) is 0 Å². The Morgan fingerprint density at radius 2 is 2.07 bits per heavy atom. The van der Waals surface area contributed by atoms with E-state index in [4.69, 9.17) is 4.74 Å². The van der Waals surface area contributed by atoms with E-state index in [9.17, 15) is 0 Å². The zero-order valence-electron chi connectivity index (χ0n) is 9.12. The van der Waals surface area contributed by atoms with Crippen LogP contribution in [0.5, 0.6) is 5.75 Å². The van der Waals surface area contributed by atoms with Gasteiger partial charge in [-0.15, -0.1) is 0 Å². The SMILES string of the molecule is CCOc1ccc([C@H]2CNCCN2)cc1. The summed E-state index contributed by atoms with van der Waals surface area (Å²) in [5.74, 6) is 0.949. The summed E-state index contributed by atoms with van der Waals surface area (Å²) < 4.78 is 5.41. The van der Waals surface area contributed by atoms with Crippen LogP contribution in [0.4, 0.5) is 0 Å². The molecule has 3 heteroatoms. The van der Waals surface area contributed by atoms with Gasteiger partial charge in [0, 0.05) is 25.7 Å². The molecule has 2 rings (SSSR count). The molecule has 15 heavy (non-hydrogen) atoms. The maximum Gasteiger partial charge on any atom is 0.119 e. The third-order valence-corrected chi connectivity index (χ3v) is 2.63. The quantitative estimate of drug-likeness (QED) is 0.782. The molecule has 0 aliphatic carbocycles. The second kappa shape index (κ2) is 5.14. The lowest BCUT2D eigenvalue weighted by molar-refractivity contribution is 0.340. The van der Waals surface area contributed by atoms with E-state index in [1.54, 1.807) is 0 Å². The van der Waals surface area contributed by atoms with Crippen LogP contribution in [0.1, 0.15) is 18.5 Å². The molecule has 0 unspecified atom stereocenters. The van der Waals surface area contributed by atoms with Gasteiger partial charge in [0.1, 0.15) is 5.75 Å². The van der Waals surface area contributed by atoms with E-state index in [-0.39, 0.29) is 0 Å². The number of rotatable bonds is 3. The zero-order valence-corrected chi connectivity index (χ0v) is 9.12. The van der Waals surface area contributed by atoms with Crippen molar-refractivity contribution in [2.24, 2.45) is 0 Å². The molecule has 3 nitrogen and oxygen atoms in total. The average Bonchev–Trinajstić information content (AvgIpc) is 2.32. The van der Waals surface area contributed by atoms with Crippen molar-refractivity contribution in [3.63, 3.8) is 0 Å². The van der Waals surface area contributed by atoms with Gasteiger partial charge in [-0.05, 0) is 24.6 Å². The van der Waals surface area contributed by atoms with E-state index in [1.165, 1.54) is 5.56 Å². The van der Waals surface area contributed by atoms with Crippen LogP contribution in [0.25, 0.3) is 0 Å². The lowest BCUT2D eigenvalue weighted by Gasteiger charge is -2.24. The summed E-state index contributed by atoms with van der Waals surface area (Å²) in [6, 6.07) is 8.78. The van der Waals surface area contributed by atoms with E-state index in [2.05, 4.69) is 22.8 Å². The monoisotopic (exact) mass is 206 g/mol. The second-order valence-electron chi connectivity index (χ2n) is 3.71. The van der Waals surface area contributed by atoms with Crippen molar-refractivity contribution in [1.82, 2.24) is 10.6 Å². The first-order valence-electron chi connectivity index (χ1n) is 5.57. The smallest absolute Gasteiger partial charge is 0.119 e. The highest BCUT2D eigenvalue weighted by atomic mass is 16.5. The summed E-state index contributed by atoms with van der Waals surface area (Å²) >= 11 is 0. The second-order valence-corrected chi connectivity index (χ2v) is 3.71. The highest BCUT2D eigenvalue weighted by Crippen LogP contribution is 2.18. The van der Waals surface area contributed by atoms with E-state index in [1.807, 2.05) is 19.1 Å². The van der Waals surface area contributed by atoms with E-state index in [0.717, 1.165) is 32.0 Å². The molecule has 0 saturated carbocycles. The molecule has 1 atom stereocenters. The minimum absolute atomic E-state index is 0.439. The van der Waals surface area contributed by atoms with Gasteiger partial charge >= 0.3 is 0 Å². The van der Waals surface area contributed by atoms with Gasteiger partial charge in [-0.2, -0.15) is 0 Å². The summed E-state index contributed by atoms with van der Waals surface area (Å²) in [6.45, 7) is 5.84. The van der Waals surface area contributed by atoms with Crippen molar-refractivity contribution in [3.05, 3.63) is 29.8 Å². The molecule has 0 radical (unpaired) electrons. The fourth-order valence-corrected chi connectivity index (χ4v) is 1.85. The van der Waals surface area contributed by atoms with Crippen LogP contribution in [0.2, 0.25) is 0 Å². The van der Waals surface area contributed by atoms with Gasteiger partial charge in [0.2, 0.25) is 0 Å². The van der Waals surface area contributed by atoms with Crippen LogP contribution >= 0.6 is 0 Å². The molecule has 1 heterocycles. The Hall–Kier alpha value is -1.06. The molecular formula is C12H18N2O. The van der Waals surface area contributed by atoms with Crippen molar-refractivity contribution in [2.45, 2.75) is 13.0 Å². The van der Waals surface area contributed by atoms with E-state index >= 15 is 0 Å². The number of hydrogen-bond donors (Lipinski definition) is 2. The maximum absolute atomic E-state index is 5.41. The highest BCUT2D eigenvalue weighted by molar-refractivity contribution is 5.29. The van der Waals surface area contributed by atoms with E-state index < -0.39 is 0 Å². The predicted octanol–water partition coefficient (Wildman–Crippen LogP) is 1.32. The van der Waals surface area contributed by atoms with Crippen molar-refractivity contribution < 1.29 is 4.74 Å². The molecule has 1 saturated heterocycles. The molecule has 1 aromatic rings. The van der Waals surface area contributed by atoms with Gasteiger partial charge in [-0.25, -0.2) is 0 Å². The normalized spacial score (nSPS) is 21.3. The highest BCUT2D eigenvalue weighted by Gasteiger charge is 2.13. The van der Waals surface area contributed by atoms with Crippen LogP contribution in [-0.4, -0.2) is 26.2 Å². The van der Waals surface area contributed by atoms with E-state index in [0.29, 0.717) is 6.04 Å². The first kappa shape index (κ1) is 10.5. The predicted molar refractivity (Wildman–Crippen MR) is 61.2 cm³/mol. The Morgan fingerprint density at radius 3 is 2.67 bits per heavy atom. The van der Waals surface area contributed by atoms with Crippen LogP contribution in [0, 0.1) is 0 Å². The summed E-state index contributed by atoms with van der Waals surface area (Å²) in [4.78, 5) is 0. The van der Waals surface area contributed by atoms with Crippen LogP contribution in [-0.2, 0) is 0 Å². The van der Waals surface area contributed by atoms with Gasteiger partial charge in [-0.3, -0.25) is 0 Å². The molecule has 1 aliphatic rings. The first-order valence-corrected chi connectivity index (χ1v) is 5.57. The molecule has 1 aliphatic heterocycles. The van der Waals surface area contributed by atoms with Crippen LogP contribution < -0.4 is 15.4 Å². The molecule has 1 aromatic carbocycles. The first-order chi connectivity index (χ1) is 7.40. The maximum atomic E-state index is 5.41. The molecule has 2 N–H and O–H groups in total. The molecule has 1 fully saturated rings. The van der Waals surface area contributed by atoms with Crippen molar-refractivity contribution in [1.29, 1.82) is 0 Å². The number of hydrogen-bond acceptors (Lipinski definition) is 3. The lowest BCUT2D eigenvalue weighted by atomic mass is 10.1. The fourth-order valence-electron chi connectivity index (χ4n) is 1.85. The Balaban J connectivity index is 2.02. The summed E-state index contributed by atoms with van der Waals surface area (Å²) in [6.07, 6.45) is 0. The molecule has 0 spiro atoms. The number of ether oxygens (including phenoxy) is 1. The number of piperazine rings is 1. The van der Waals surface area contributed by atoms with Gasteiger partial charge in [0.05, 0.1) is 6.61 Å².